The van der Waals surface area contributed by atoms with Crippen LogP contribution in [-0.4, -0.2) is 27.4 Å². The van der Waals surface area contributed by atoms with Crippen molar-refractivity contribution in [2.75, 3.05) is 7.05 Å². The summed E-state index contributed by atoms with van der Waals surface area (Å²) in [5.41, 5.74) is 4.98. The molecule has 0 atom stereocenters. The summed E-state index contributed by atoms with van der Waals surface area (Å²) in [5, 5.41) is 0. The zero-order chi connectivity index (χ0) is 18.0. The molecule has 2 aromatic carbocycles. The highest BCUT2D eigenvalue weighted by molar-refractivity contribution is 5.95. The molecule has 0 aliphatic rings. The Balaban J connectivity index is 1.91. The smallest absolute Gasteiger partial charge is 0.254 e. The number of aromatic nitrogens is 2. The molecule has 0 fully saturated rings. The Kier molecular flexibility index (Phi) is 4.88. The third-order valence-electron chi connectivity index (χ3n) is 4.53. The van der Waals surface area contributed by atoms with Crippen molar-refractivity contribution in [3.63, 3.8) is 0 Å². The van der Waals surface area contributed by atoms with Gasteiger partial charge in [-0.2, -0.15) is 0 Å². The lowest BCUT2D eigenvalue weighted by Crippen LogP contribution is -2.28. The minimum Gasteiger partial charge on any atom is -0.334 e. The zero-order valence-corrected chi connectivity index (χ0v) is 15.4. The normalized spacial score (nSPS) is 11.0. The lowest BCUT2D eigenvalue weighted by Gasteiger charge is -2.19. The minimum absolute atomic E-state index is 0.0382. The van der Waals surface area contributed by atoms with Gasteiger partial charge in [-0.25, -0.2) is 4.98 Å². The Labute approximate surface area is 149 Å². The summed E-state index contributed by atoms with van der Waals surface area (Å²) in [7, 11) is 1.85. The van der Waals surface area contributed by atoms with Gasteiger partial charge in [-0.1, -0.05) is 36.8 Å². The third-order valence-corrected chi connectivity index (χ3v) is 4.53. The summed E-state index contributed by atoms with van der Waals surface area (Å²) in [6, 6.07) is 14.1. The summed E-state index contributed by atoms with van der Waals surface area (Å²) >= 11 is 0. The fourth-order valence-electron chi connectivity index (χ4n) is 3.18. The Morgan fingerprint density at radius 1 is 1.16 bits per heavy atom. The SMILES string of the molecule is CCCn1c(CN(C)C(=O)c2cc(C)ccc2C)nc2ccccc21. The lowest BCUT2D eigenvalue weighted by atomic mass is 10.0. The highest BCUT2D eigenvalue weighted by Gasteiger charge is 2.18. The van der Waals surface area contributed by atoms with Gasteiger partial charge in [-0.15, -0.1) is 0 Å². The molecule has 0 N–H and O–H groups in total. The highest BCUT2D eigenvalue weighted by atomic mass is 16.2. The van der Waals surface area contributed by atoms with Crippen LogP contribution in [0.15, 0.2) is 42.5 Å². The molecule has 0 saturated carbocycles. The van der Waals surface area contributed by atoms with E-state index in [4.69, 9.17) is 4.98 Å². The highest BCUT2D eigenvalue weighted by Crippen LogP contribution is 2.19. The van der Waals surface area contributed by atoms with Crippen molar-refractivity contribution in [1.29, 1.82) is 0 Å². The van der Waals surface area contributed by atoms with Crippen molar-refractivity contribution in [2.24, 2.45) is 0 Å². The van der Waals surface area contributed by atoms with E-state index in [2.05, 4.69) is 17.6 Å². The topological polar surface area (TPSA) is 38.1 Å². The van der Waals surface area contributed by atoms with Crippen LogP contribution in [0.2, 0.25) is 0 Å². The number of aryl methyl sites for hydroxylation is 3. The Hall–Kier alpha value is -2.62. The largest absolute Gasteiger partial charge is 0.334 e. The first-order valence-electron chi connectivity index (χ1n) is 8.78. The predicted molar refractivity (Wildman–Crippen MR) is 102 cm³/mol. The number of benzene rings is 2. The summed E-state index contributed by atoms with van der Waals surface area (Å²) in [5.74, 6) is 0.973. The number of fused-ring (bicyclic) bond motifs is 1. The maximum Gasteiger partial charge on any atom is 0.254 e. The van der Waals surface area contributed by atoms with Crippen LogP contribution in [0.1, 0.15) is 40.7 Å². The molecule has 1 aromatic heterocycles. The Morgan fingerprint density at radius 2 is 1.92 bits per heavy atom. The molecule has 0 spiro atoms. The van der Waals surface area contributed by atoms with E-state index in [1.807, 2.05) is 57.3 Å². The molecule has 4 heteroatoms. The molecule has 0 bridgehead atoms. The fourth-order valence-corrected chi connectivity index (χ4v) is 3.18. The molecule has 0 aliphatic carbocycles. The van der Waals surface area contributed by atoms with Gasteiger partial charge < -0.3 is 9.47 Å². The second kappa shape index (κ2) is 7.09. The molecule has 1 heterocycles. The molecule has 0 radical (unpaired) electrons. The molecule has 130 valence electrons. The second-order valence-corrected chi connectivity index (χ2v) is 6.65. The van der Waals surface area contributed by atoms with E-state index < -0.39 is 0 Å². The molecule has 0 saturated heterocycles. The van der Waals surface area contributed by atoms with E-state index in [-0.39, 0.29) is 5.91 Å². The first-order chi connectivity index (χ1) is 12.0. The van der Waals surface area contributed by atoms with Crippen molar-refractivity contribution in [3.05, 3.63) is 65.0 Å². The van der Waals surface area contributed by atoms with Gasteiger partial charge in [0.15, 0.2) is 0 Å². The van der Waals surface area contributed by atoms with Gasteiger partial charge >= 0.3 is 0 Å². The van der Waals surface area contributed by atoms with Gasteiger partial charge in [0.2, 0.25) is 0 Å². The molecule has 0 aliphatic heterocycles. The van der Waals surface area contributed by atoms with Gasteiger partial charge in [0.1, 0.15) is 5.82 Å². The number of amides is 1. The first kappa shape index (κ1) is 17.2. The van der Waals surface area contributed by atoms with Crippen molar-refractivity contribution in [1.82, 2.24) is 14.5 Å². The number of hydrogen-bond acceptors (Lipinski definition) is 2. The van der Waals surface area contributed by atoms with Crippen LogP contribution >= 0.6 is 0 Å². The minimum atomic E-state index is 0.0382. The van der Waals surface area contributed by atoms with Crippen LogP contribution in [0, 0.1) is 13.8 Å². The number of carbonyl (C=O) groups is 1. The van der Waals surface area contributed by atoms with Crippen LogP contribution in [0.25, 0.3) is 11.0 Å². The van der Waals surface area contributed by atoms with Gasteiger partial charge in [-0.05, 0) is 44.0 Å². The van der Waals surface area contributed by atoms with Gasteiger partial charge in [0.25, 0.3) is 5.91 Å². The molecule has 0 unspecified atom stereocenters. The summed E-state index contributed by atoms with van der Waals surface area (Å²) in [6.45, 7) is 7.55. The maximum absolute atomic E-state index is 12.9. The molecular weight excluding hydrogens is 310 g/mol. The van der Waals surface area contributed by atoms with Crippen LogP contribution in [0.3, 0.4) is 0 Å². The van der Waals surface area contributed by atoms with Crippen LogP contribution in [0.5, 0.6) is 0 Å². The molecular formula is C21H25N3O. The first-order valence-corrected chi connectivity index (χ1v) is 8.78. The van der Waals surface area contributed by atoms with Crippen LogP contribution in [0.4, 0.5) is 0 Å². The van der Waals surface area contributed by atoms with Crippen molar-refractivity contribution in [2.45, 2.75) is 40.3 Å². The third kappa shape index (κ3) is 3.43. The van der Waals surface area contributed by atoms with E-state index in [0.717, 1.165) is 46.5 Å². The van der Waals surface area contributed by atoms with E-state index in [0.29, 0.717) is 6.54 Å². The van der Waals surface area contributed by atoms with Gasteiger partial charge in [-0.3, -0.25) is 4.79 Å². The number of para-hydroxylation sites is 2. The molecule has 3 rings (SSSR count). The average molecular weight is 335 g/mol. The number of carbonyl (C=O) groups excluding carboxylic acids is 1. The van der Waals surface area contributed by atoms with E-state index in [9.17, 15) is 4.79 Å². The van der Waals surface area contributed by atoms with Crippen molar-refractivity contribution < 1.29 is 4.79 Å². The molecule has 1 amide bonds. The van der Waals surface area contributed by atoms with Crippen LogP contribution in [-0.2, 0) is 13.1 Å². The number of nitrogens with zero attached hydrogens (tertiary/aromatic N) is 3. The maximum atomic E-state index is 12.9. The summed E-state index contributed by atoms with van der Waals surface area (Å²) in [4.78, 5) is 19.4. The standard InChI is InChI=1S/C21H25N3O/c1-5-12-24-19-9-7-6-8-18(19)22-20(24)14-23(4)21(25)17-13-15(2)10-11-16(17)3/h6-11,13H,5,12,14H2,1-4H3. The van der Waals surface area contributed by atoms with E-state index >= 15 is 0 Å². The van der Waals surface area contributed by atoms with Gasteiger partial charge in [0, 0.05) is 19.2 Å². The van der Waals surface area contributed by atoms with Gasteiger partial charge in [0.05, 0.1) is 17.6 Å². The quantitative estimate of drug-likeness (QED) is 0.696. The Bertz CT molecular complexity index is 911. The predicted octanol–water partition coefficient (Wildman–Crippen LogP) is 4.34. The summed E-state index contributed by atoms with van der Waals surface area (Å²) < 4.78 is 2.22. The van der Waals surface area contributed by atoms with E-state index in [1.165, 1.54) is 0 Å². The zero-order valence-electron chi connectivity index (χ0n) is 15.4. The molecule has 4 nitrogen and oxygen atoms in total. The van der Waals surface area contributed by atoms with Crippen molar-refractivity contribution in [3.8, 4) is 0 Å². The van der Waals surface area contributed by atoms with Crippen LogP contribution < -0.4 is 0 Å². The number of rotatable bonds is 5. The molecule has 25 heavy (non-hydrogen) atoms. The van der Waals surface area contributed by atoms with Crippen molar-refractivity contribution >= 4 is 16.9 Å². The monoisotopic (exact) mass is 335 g/mol. The molecule has 3 aromatic rings. The summed E-state index contributed by atoms with van der Waals surface area (Å²) in [6.07, 6.45) is 1.03. The number of hydrogen-bond donors (Lipinski definition) is 0. The lowest BCUT2D eigenvalue weighted by molar-refractivity contribution is 0.0779. The Morgan fingerprint density at radius 3 is 2.68 bits per heavy atom. The van der Waals surface area contributed by atoms with E-state index in [1.54, 1.807) is 4.90 Å². The second-order valence-electron chi connectivity index (χ2n) is 6.65. The average Bonchev–Trinajstić information content (AvgIpc) is 2.94. The number of imidazole rings is 1. The fraction of sp³-hybridized carbons (Fsp3) is 0.333.